The highest BCUT2D eigenvalue weighted by atomic mass is 16.2. The molecule has 1 aromatic heterocycles. The van der Waals surface area contributed by atoms with Gasteiger partial charge in [0.15, 0.2) is 0 Å². The molecule has 0 saturated heterocycles. The second-order valence-corrected chi connectivity index (χ2v) is 6.36. The average Bonchev–Trinajstić information content (AvgIpc) is 3.32. The van der Waals surface area contributed by atoms with Crippen molar-refractivity contribution in [2.75, 3.05) is 0 Å². The monoisotopic (exact) mass is 310 g/mol. The molecule has 1 aliphatic carbocycles. The normalized spacial score (nSPS) is 15.3. The molecule has 1 aliphatic rings. The Labute approximate surface area is 136 Å². The van der Waals surface area contributed by atoms with Crippen molar-refractivity contribution in [2.24, 2.45) is 0 Å². The molecule has 0 radical (unpaired) electrons. The highest BCUT2D eigenvalue weighted by molar-refractivity contribution is 5.95. The van der Waals surface area contributed by atoms with Crippen molar-refractivity contribution < 1.29 is 4.79 Å². The molecule has 1 aromatic carbocycles. The molecule has 3 rings (SSSR count). The van der Waals surface area contributed by atoms with Crippen LogP contribution < -0.4 is 10.9 Å². The Morgan fingerprint density at radius 3 is 2.48 bits per heavy atom. The van der Waals surface area contributed by atoms with Crippen molar-refractivity contribution in [3.8, 4) is 0 Å². The van der Waals surface area contributed by atoms with E-state index < -0.39 is 0 Å². The van der Waals surface area contributed by atoms with Crippen LogP contribution in [0, 0.1) is 13.8 Å². The van der Waals surface area contributed by atoms with Gasteiger partial charge in [0.25, 0.3) is 11.5 Å². The van der Waals surface area contributed by atoms with Crippen LogP contribution in [0.15, 0.2) is 41.2 Å². The minimum absolute atomic E-state index is 0.141. The molecule has 1 saturated carbocycles. The Morgan fingerprint density at radius 2 is 1.87 bits per heavy atom. The fourth-order valence-electron chi connectivity index (χ4n) is 3.06. The summed E-state index contributed by atoms with van der Waals surface area (Å²) in [4.78, 5) is 25.4. The smallest absolute Gasteiger partial charge is 0.264 e. The molecule has 120 valence electrons. The molecule has 1 unspecified atom stereocenters. The Hall–Kier alpha value is -2.36. The van der Waals surface area contributed by atoms with E-state index in [1.54, 1.807) is 4.57 Å². The number of rotatable bonds is 4. The van der Waals surface area contributed by atoms with Crippen molar-refractivity contribution >= 4 is 5.91 Å². The standard InChI is InChI=1S/C19H22N2O2/c1-12-11-13(2)21(16-9-10-16)19(23)17(12)18(22)20-14(3)15-7-5-4-6-8-15/h4-8,11,14,16H,9-10H2,1-3H3,(H,20,22). The van der Waals surface area contributed by atoms with E-state index in [1.165, 1.54) is 0 Å². The van der Waals surface area contributed by atoms with Gasteiger partial charge in [0.1, 0.15) is 5.56 Å². The van der Waals surface area contributed by atoms with Gasteiger partial charge in [0, 0.05) is 11.7 Å². The quantitative estimate of drug-likeness (QED) is 0.942. The molecule has 0 bridgehead atoms. The molecule has 2 aromatic rings. The fourth-order valence-corrected chi connectivity index (χ4v) is 3.06. The Morgan fingerprint density at radius 1 is 1.22 bits per heavy atom. The number of aromatic nitrogens is 1. The molecule has 0 spiro atoms. The van der Waals surface area contributed by atoms with Gasteiger partial charge in [0.05, 0.1) is 6.04 Å². The van der Waals surface area contributed by atoms with Crippen molar-refractivity contribution in [2.45, 2.75) is 45.7 Å². The number of carbonyl (C=O) groups excluding carboxylic acids is 1. The van der Waals surface area contributed by atoms with E-state index in [9.17, 15) is 9.59 Å². The predicted octanol–water partition coefficient (Wildman–Crippen LogP) is 3.29. The SMILES string of the molecule is Cc1cc(C)n(C2CC2)c(=O)c1C(=O)NC(C)c1ccccc1. The van der Waals surface area contributed by atoms with Crippen LogP contribution >= 0.6 is 0 Å². The van der Waals surface area contributed by atoms with Gasteiger partial charge in [-0.05, 0) is 50.8 Å². The van der Waals surface area contributed by atoms with Crippen molar-refractivity contribution in [1.29, 1.82) is 0 Å². The van der Waals surface area contributed by atoms with Gasteiger partial charge >= 0.3 is 0 Å². The lowest BCUT2D eigenvalue weighted by atomic mass is 10.1. The van der Waals surface area contributed by atoms with Crippen LogP contribution in [0.2, 0.25) is 0 Å². The van der Waals surface area contributed by atoms with Crippen LogP contribution in [0.4, 0.5) is 0 Å². The number of hydrogen-bond acceptors (Lipinski definition) is 2. The number of amides is 1. The Bertz CT molecular complexity index is 789. The zero-order valence-electron chi connectivity index (χ0n) is 13.8. The van der Waals surface area contributed by atoms with E-state index in [0.29, 0.717) is 0 Å². The summed E-state index contributed by atoms with van der Waals surface area (Å²) >= 11 is 0. The molecule has 1 fully saturated rings. The van der Waals surface area contributed by atoms with Crippen molar-refractivity contribution in [1.82, 2.24) is 9.88 Å². The lowest BCUT2D eigenvalue weighted by Gasteiger charge is -2.17. The predicted molar refractivity (Wildman–Crippen MR) is 90.8 cm³/mol. The summed E-state index contributed by atoms with van der Waals surface area (Å²) < 4.78 is 1.77. The lowest BCUT2D eigenvalue weighted by molar-refractivity contribution is 0.0937. The highest BCUT2D eigenvalue weighted by Gasteiger charge is 2.29. The van der Waals surface area contributed by atoms with Gasteiger partial charge in [-0.3, -0.25) is 9.59 Å². The summed E-state index contributed by atoms with van der Waals surface area (Å²) in [5.74, 6) is -0.293. The van der Waals surface area contributed by atoms with Gasteiger partial charge in [-0.2, -0.15) is 0 Å². The van der Waals surface area contributed by atoms with E-state index >= 15 is 0 Å². The van der Waals surface area contributed by atoms with Gasteiger partial charge in [-0.25, -0.2) is 0 Å². The maximum absolute atomic E-state index is 12.8. The third kappa shape index (κ3) is 3.07. The average molecular weight is 310 g/mol. The zero-order chi connectivity index (χ0) is 16.6. The van der Waals surface area contributed by atoms with E-state index in [2.05, 4.69) is 5.32 Å². The molecule has 1 N–H and O–H groups in total. The summed E-state index contributed by atoms with van der Waals surface area (Å²) in [5.41, 5.74) is 2.80. The molecule has 1 amide bonds. The highest BCUT2D eigenvalue weighted by Crippen LogP contribution is 2.34. The summed E-state index contributed by atoms with van der Waals surface area (Å²) in [6.07, 6.45) is 2.04. The van der Waals surface area contributed by atoms with Gasteiger partial charge in [-0.15, -0.1) is 0 Å². The van der Waals surface area contributed by atoms with Crippen molar-refractivity contribution in [3.63, 3.8) is 0 Å². The minimum Gasteiger partial charge on any atom is -0.345 e. The topological polar surface area (TPSA) is 51.1 Å². The van der Waals surface area contributed by atoms with Gasteiger partial charge in [0.2, 0.25) is 0 Å². The number of nitrogens with one attached hydrogen (secondary N) is 1. The Balaban J connectivity index is 1.91. The lowest BCUT2D eigenvalue weighted by Crippen LogP contribution is -2.36. The van der Waals surface area contributed by atoms with Crippen LogP contribution in [0.1, 0.15) is 59.0 Å². The molecular formula is C19H22N2O2. The fraction of sp³-hybridized carbons (Fsp3) is 0.368. The minimum atomic E-state index is -0.293. The van der Waals surface area contributed by atoms with Crippen molar-refractivity contribution in [3.05, 3.63) is 69.1 Å². The van der Waals surface area contributed by atoms with Gasteiger partial charge in [-0.1, -0.05) is 30.3 Å². The number of benzene rings is 1. The number of nitrogens with zero attached hydrogens (tertiary/aromatic N) is 1. The maximum Gasteiger partial charge on any atom is 0.264 e. The van der Waals surface area contributed by atoms with E-state index in [0.717, 1.165) is 29.7 Å². The largest absolute Gasteiger partial charge is 0.345 e. The van der Waals surface area contributed by atoms with Gasteiger partial charge < -0.3 is 9.88 Å². The maximum atomic E-state index is 12.8. The second kappa shape index (κ2) is 6.03. The first-order chi connectivity index (χ1) is 11.0. The number of carbonyl (C=O) groups is 1. The summed E-state index contributed by atoms with van der Waals surface area (Å²) in [6, 6.07) is 11.8. The number of hydrogen-bond donors (Lipinski definition) is 1. The van der Waals surface area contributed by atoms with E-state index in [4.69, 9.17) is 0 Å². The van der Waals surface area contributed by atoms with E-state index in [-0.39, 0.29) is 29.1 Å². The molecule has 23 heavy (non-hydrogen) atoms. The Kier molecular flexibility index (Phi) is 4.07. The number of aryl methyl sites for hydroxylation is 2. The first-order valence-electron chi connectivity index (χ1n) is 8.07. The van der Waals surface area contributed by atoms with Crippen LogP contribution in [0.25, 0.3) is 0 Å². The second-order valence-electron chi connectivity index (χ2n) is 6.36. The van der Waals surface area contributed by atoms with Crippen LogP contribution in [-0.4, -0.2) is 10.5 Å². The van der Waals surface area contributed by atoms with Crippen LogP contribution in [0.5, 0.6) is 0 Å². The van der Waals surface area contributed by atoms with Crippen LogP contribution in [0.3, 0.4) is 0 Å². The number of pyridine rings is 1. The molecule has 1 heterocycles. The first kappa shape index (κ1) is 15.5. The van der Waals surface area contributed by atoms with E-state index in [1.807, 2.05) is 57.2 Å². The summed E-state index contributed by atoms with van der Waals surface area (Å²) in [7, 11) is 0. The third-order valence-electron chi connectivity index (χ3n) is 4.42. The summed E-state index contributed by atoms with van der Waals surface area (Å²) in [6.45, 7) is 5.69. The molecule has 1 atom stereocenters. The zero-order valence-corrected chi connectivity index (χ0v) is 13.8. The first-order valence-corrected chi connectivity index (χ1v) is 8.07. The third-order valence-corrected chi connectivity index (χ3v) is 4.42. The molecular weight excluding hydrogens is 288 g/mol. The summed E-state index contributed by atoms with van der Waals surface area (Å²) in [5, 5.41) is 2.95. The molecule has 4 heteroatoms. The molecule has 0 aliphatic heterocycles. The van der Waals surface area contributed by atoms with Crippen LogP contribution in [-0.2, 0) is 0 Å². The molecule has 4 nitrogen and oxygen atoms in total.